The van der Waals surface area contributed by atoms with Crippen LogP contribution in [0.15, 0.2) is 36.4 Å². The minimum atomic E-state index is 0.105. The van der Waals surface area contributed by atoms with Crippen LogP contribution in [0.1, 0.15) is 24.8 Å². The molecule has 0 radical (unpaired) electrons. The summed E-state index contributed by atoms with van der Waals surface area (Å²) in [7, 11) is 1.91. The van der Waals surface area contributed by atoms with Crippen molar-refractivity contribution in [2.45, 2.75) is 25.8 Å². The van der Waals surface area contributed by atoms with Gasteiger partial charge in [-0.3, -0.25) is 4.79 Å². The molecule has 18 heavy (non-hydrogen) atoms. The van der Waals surface area contributed by atoms with E-state index in [1.54, 1.807) is 0 Å². The fourth-order valence-electron chi connectivity index (χ4n) is 2.28. The van der Waals surface area contributed by atoms with Gasteiger partial charge in [0.15, 0.2) is 0 Å². The van der Waals surface area contributed by atoms with Gasteiger partial charge in [-0.2, -0.15) is 0 Å². The zero-order valence-corrected chi connectivity index (χ0v) is 10.8. The molecule has 0 saturated carbocycles. The first-order valence-corrected chi connectivity index (χ1v) is 6.48. The number of anilines is 1. The Kier molecular flexibility index (Phi) is 4.53. The number of allylic oxidation sites excluding steroid dienone is 2. The van der Waals surface area contributed by atoms with Crippen LogP contribution in [0.4, 0.5) is 5.69 Å². The summed E-state index contributed by atoms with van der Waals surface area (Å²) in [5.74, 6) is 0.527. The second-order valence-corrected chi connectivity index (χ2v) is 4.75. The maximum Gasteiger partial charge on any atom is 0.224 e. The fraction of sp³-hybridized carbons (Fsp3) is 0.400. The monoisotopic (exact) mass is 244 g/mol. The number of nitrogens with one attached hydrogen (secondary N) is 2. The van der Waals surface area contributed by atoms with Crippen molar-refractivity contribution in [3.05, 3.63) is 42.0 Å². The van der Waals surface area contributed by atoms with Gasteiger partial charge in [0.2, 0.25) is 5.91 Å². The second-order valence-electron chi connectivity index (χ2n) is 4.75. The molecule has 0 fully saturated rings. The van der Waals surface area contributed by atoms with Crippen LogP contribution >= 0.6 is 0 Å². The number of amides is 1. The molecule has 3 nitrogen and oxygen atoms in total. The minimum absolute atomic E-state index is 0.105. The number of rotatable bonds is 5. The van der Waals surface area contributed by atoms with Gasteiger partial charge in [-0.15, -0.1) is 0 Å². The van der Waals surface area contributed by atoms with Crippen LogP contribution in [0.25, 0.3) is 0 Å². The maximum atomic E-state index is 11.9. The van der Waals surface area contributed by atoms with Gasteiger partial charge < -0.3 is 10.6 Å². The average molecular weight is 244 g/mol. The summed E-state index contributed by atoms with van der Waals surface area (Å²) < 4.78 is 0. The van der Waals surface area contributed by atoms with Crippen LogP contribution in [-0.4, -0.2) is 13.0 Å². The summed E-state index contributed by atoms with van der Waals surface area (Å²) in [6, 6.07) is 7.96. The highest BCUT2D eigenvalue weighted by molar-refractivity contribution is 5.91. The summed E-state index contributed by atoms with van der Waals surface area (Å²) in [5, 5.41) is 6.07. The van der Waals surface area contributed by atoms with Crippen LogP contribution in [-0.2, 0) is 11.3 Å². The Morgan fingerprint density at radius 1 is 1.44 bits per heavy atom. The molecule has 1 aliphatic rings. The van der Waals surface area contributed by atoms with Crippen LogP contribution in [0.5, 0.6) is 0 Å². The van der Waals surface area contributed by atoms with Crippen molar-refractivity contribution in [2.75, 3.05) is 12.4 Å². The lowest BCUT2D eigenvalue weighted by atomic mass is 10.0. The van der Waals surface area contributed by atoms with Crippen molar-refractivity contribution in [1.29, 1.82) is 0 Å². The largest absolute Gasteiger partial charge is 0.326 e. The molecule has 0 spiro atoms. The Bertz CT molecular complexity index is 440. The first kappa shape index (κ1) is 12.8. The average Bonchev–Trinajstić information content (AvgIpc) is 2.82. The quantitative estimate of drug-likeness (QED) is 0.782. The number of carbonyl (C=O) groups excluding carboxylic acids is 1. The number of hydrogen-bond donors (Lipinski definition) is 2. The predicted octanol–water partition coefficient (Wildman–Crippen LogP) is 2.70. The first-order chi connectivity index (χ1) is 8.78. The van der Waals surface area contributed by atoms with Crippen LogP contribution in [0.3, 0.4) is 0 Å². The Morgan fingerprint density at radius 3 is 3.06 bits per heavy atom. The molecule has 1 atom stereocenters. The molecule has 0 heterocycles. The van der Waals surface area contributed by atoms with Crippen molar-refractivity contribution in [2.24, 2.45) is 5.92 Å². The molecule has 2 rings (SSSR count). The molecule has 1 aromatic rings. The molecule has 3 heteroatoms. The van der Waals surface area contributed by atoms with Crippen molar-refractivity contribution in [3.63, 3.8) is 0 Å². The van der Waals surface area contributed by atoms with E-state index >= 15 is 0 Å². The smallest absolute Gasteiger partial charge is 0.224 e. The van der Waals surface area contributed by atoms with Crippen molar-refractivity contribution in [1.82, 2.24) is 5.32 Å². The number of hydrogen-bond acceptors (Lipinski definition) is 2. The van der Waals surface area contributed by atoms with Crippen molar-refractivity contribution < 1.29 is 4.79 Å². The van der Waals surface area contributed by atoms with Crippen LogP contribution in [0.2, 0.25) is 0 Å². The van der Waals surface area contributed by atoms with Crippen LogP contribution in [0, 0.1) is 5.92 Å². The molecule has 1 unspecified atom stereocenters. The minimum Gasteiger partial charge on any atom is -0.326 e. The third-order valence-electron chi connectivity index (χ3n) is 3.15. The summed E-state index contributed by atoms with van der Waals surface area (Å²) >= 11 is 0. The fourth-order valence-corrected chi connectivity index (χ4v) is 2.28. The van der Waals surface area contributed by atoms with Gasteiger partial charge in [0.25, 0.3) is 0 Å². The third kappa shape index (κ3) is 3.70. The lowest BCUT2D eigenvalue weighted by Gasteiger charge is -2.10. The summed E-state index contributed by atoms with van der Waals surface area (Å²) in [6.45, 7) is 0.815. The standard InChI is InChI=1S/C15H20N2O/c1-16-11-13-7-4-8-14(9-13)17-15(18)10-12-5-2-3-6-12/h2,4-5,7-9,12,16H,3,6,10-11H2,1H3,(H,17,18). The highest BCUT2D eigenvalue weighted by Crippen LogP contribution is 2.21. The van der Waals surface area contributed by atoms with Gasteiger partial charge in [-0.1, -0.05) is 24.3 Å². The second kappa shape index (κ2) is 6.36. The van der Waals surface area contributed by atoms with E-state index in [0.717, 1.165) is 25.1 Å². The first-order valence-electron chi connectivity index (χ1n) is 6.48. The zero-order valence-electron chi connectivity index (χ0n) is 10.8. The highest BCUT2D eigenvalue weighted by Gasteiger charge is 2.13. The van der Waals surface area contributed by atoms with Gasteiger partial charge in [0.05, 0.1) is 0 Å². The van der Waals surface area contributed by atoms with E-state index in [1.165, 1.54) is 5.56 Å². The van der Waals surface area contributed by atoms with Crippen LogP contribution < -0.4 is 10.6 Å². The molecule has 0 aromatic heterocycles. The lowest BCUT2D eigenvalue weighted by Crippen LogP contribution is -2.15. The molecular formula is C15H20N2O. The van der Waals surface area contributed by atoms with Gasteiger partial charge >= 0.3 is 0 Å². The van der Waals surface area contributed by atoms with E-state index in [9.17, 15) is 4.79 Å². The van der Waals surface area contributed by atoms with Gasteiger partial charge in [0.1, 0.15) is 0 Å². The molecule has 1 amide bonds. The third-order valence-corrected chi connectivity index (χ3v) is 3.15. The van der Waals surface area contributed by atoms with Crippen molar-refractivity contribution >= 4 is 11.6 Å². The van der Waals surface area contributed by atoms with Gasteiger partial charge in [-0.05, 0) is 43.5 Å². The van der Waals surface area contributed by atoms with Crippen molar-refractivity contribution in [3.8, 4) is 0 Å². The molecule has 2 N–H and O–H groups in total. The molecule has 0 saturated heterocycles. The summed E-state index contributed by atoms with van der Waals surface area (Å²) in [6.07, 6.45) is 7.11. The van der Waals surface area contributed by atoms with E-state index in [1.807, 2.05) is 31.3 Å². The zero-order chi connectivity index (χ0) is 12.8. The van der Waals surface area contributed by atoms with E-state index < -0.39 is 0 Å². The van der Waals surface area contributed by atoms with E-state index in [4.69, 9.17) is 0 Å². The Labute approximate surface area is 108 Å². The maximum absolute atomic E-state index is 11.9. The van der Waals surface area contributed by atoms with Gasteiger partial charge in [-0.25, -0.2) is 0 Å². The number of carbonyl (C=O) groups is 1. The molecule has 1 aliphatic carbocycles. The summed E-state index contributed by atoms with van der Waals surface area (Å²) in [5.41, 5.74) is 2.06. The topological polar surface area (TPSA) is 41.1 Å². The van der Waals surface area contributed by atoms with Gasteiger partial charge in [0, 0.05) is 18.7 Å². The number of benzene rings is 1. The Hall–Kier alpha value is -1.61. The SMILES string of the molecule is CNCc1cccc(NC(=O)CC2C=CCC2)c1. The molecule has 0 aliphatic heterocycles. The molecule has 0 bridgehead atoms. The Morgan fingerprint density at radius 2 is 2.33 bits per heavy atom. The molecule has 1 aromatic carbocycles. The van der Waals surface area contributed by atoms with E-state index in [0.29, 0.717) is 12.3 Å². The predicted molar refractivity (Wildman–Crippen MR) is 74.3 cm³/mol. The summed E-state index contributed by atoms with van der Waals surface area (Å²) in [4.78, 5) is 11.9. The molecule has 96 valence electrons. The van der Waals surface area contributed by atoms with E-state index in [2.05, 4.69) is 22.8 Å². The normalized spacial score (nSPS) is 17.9. The van der Waals surface area contributed by atoms with E-state index in [-0.39, 0.29) is 5.91 Å². The lowest BCUT2D eigenvalue weighted by molar-refractivity contribution is -0.116. The molecular weight excluding hydrogens is 224 g/mol. The highest BCUT2D eigenvalue weighted by atomic mass is 16.1. The Balaban J connectivity index is 1.89.